The highest BCUT2D eigenvalue weighted by molar-refractivity contribution is 5.93. The number of hydrogen-bond acceptors (Lipinski definition) is 4. The largest absolute Gasteiger partial charge is 0.481 e. The first kappa shape index (κ1) is 29.8. The van der Waals surface area contributed by atoms with E-state index in [2.05, 4.69) is 21.3 Å². The molecule has 9 heteroatoms. The van der Waals surface area contributed by atoms with Crippen molar-refractivity contribution in [1.29, 1.82) is 0 Å². The predicted molar refractivity (Wildman–Crippen MR) is 163 cm³/mol. The SMILES string of the molecule is O=C(CCCCNC(=O)Nc1ccc2ccccc2c1)NCC(=O)NCC(C(=O)O)c1ccc(-c2ccccc2)cc1. The minimum Gasteiger partial charge on any atom is -0.481 e. The smallest absolute Gasteiger partial charge is 0.319 e. The number of carbonyl (C=O) groups excluding carboxylic acids is 3. The molecule has 0 heterocycles. The normalized spacial score (nSPS) is 11.3. The highest BCUT2D eigenvalue weighted by Gasteiger charge is 2.21. The van der Waals surface area contributed by atoms with Gasteiger partial charge in [0.2, 0.25) is 11.8 Å². The van der Waals surface area contributed by atoms with Gasteiger partial charge in [-0.1, -0.05) is 84.9 Å². The Bertz CT molecular complexity index is 1520. The van der Waals surface area contributed by atoms with E-state index in [9.17, 15) is 24.3 Å². The number of aliphatic carboxylic acids is 1. The summed E-state index contributed by atoms with van der Waals surface area (Å²) in [4.78, 5) is 48.4. The van der Waals surface area contributed by atoms with E-state index in [1.54, 1.807) is 12.1 Å². The summed E-state index contributed by atoms with van der Waals surface area (Å²) in [5.74, 6) is -2.73. The quantitative estimate of drug-likeness (QED) is 0.147. The van der Waals surface area contributed by atoms with E-state index in [0.717, 1.165) is 21.9 Å². The maximum Gasteiger partial charge on any atom is 0.319 e. The molecule has 4 amide bonds. The zero-order chi connectivity index (χ0) is 29.7. The molecule has 0 aliphatic carbocycles. The van der Waals surface area contributed by atoms with Gasteiger partial charge in [-0.05, 0) is 52.4 Å². The number of unbranched alkanes of at least 4 members (excludes halogenated alkanes) is 1. The maximum atomic E-state index is 12.2. The first-order chi connectivity index (χ1) is 20.4. The van der Waals surface area contributed by atoms with Gasteiger partial charge < -0.3 is 26.4 Å². The van der Waals surface area contributed by atoms with Crippen LogP contribution >= 0.6 is 0 Å². The van der Waals surface area contributed by atoms with E-state index in [0.29, 0.717) is 30.6 Å². The fourth-order valence-corrected chi connectivity index (χ4v) is 4.49. The molecule has 0 aliphatic heterocycles. The van der Waals surface area contributed by atoms with Crippen molar-refractivity contribution < 1.29 is 24.3 Å². The molecule has 0 aliphatic rings. The summed E-state index contributed by atoms with van der Waals surface area (Å²) in [6.45, 7) is 0.0578. The summed E-state index contributed by atoms with van der Waals surface area (Å²) in [5.41, 5.74) is 3.26. The summed E-state index contributed by atoms with van der Waals surface area (Å²) in [7, 11) is 0. The molecule has 0 aromatic heterocycles. The van der Waals surface area contributed by atoms with Crippen LogP contribution in [0.15, 0.2) is 97.1 Å². The minimum absolute atomic E-state index is 0.0956. The Hall–Kier alpha value is -5.18. The second-order valence-electron chi connectivity index (χ2n) is 9.86. The van der Waals surface area contributed by atoms with Crippen molar-refractivity contribution in [2.24, 2.45) is 0 Å². The Morgan fingerprint density at radius 2 is 1.36 bits per heavy atom. The first-order valence-corrected chi connectivity index (χ1v) is 13.8. The van der Waals surface area contributed by atoms with E-state index in [4.69, 9.17) is 0 Å². The summed E-state index contributed by atoms with van der Waals surface area (Å²) >= 11 is 0. The van der Waals surface area contributed by atoms with Crippen LogP contribution in [-0.2, 0) is 14.4 Å². The number of hydrogen-bond donors (Lipinski definition) is 5. The van der Waals surface area contributed by atoms with Crippen LogP contribution in [0.3, 0.4) is 0 Å². The molecule has 42 heavy (non-hydrogen) atoms. The van der Waals surface area contributed by atoms with Crippen LogP contribution in [0.5, 0.6) is 0 Å². The molecule has 0 fully saturated rings. The zero-order valence-electron chi connectivity index (χ0n) is 23.1. The number of anilines is 1. The highest BCUT2D eigenvalue weighted by Crippen LogP contribution is 2.23. The number of nitrogens with one attached hydrogen (secondary N) is 4. The summed E-state index contributed by atoms with van der Waals surface area (Å²) < 4.78 is 0. The molecule has 0 spiro atoms. The Balaban J connectivity index is 1.10. The van der Waals surface area contributed by atoms with Crippen LogP contribution in [0.1, 0.15) is 30.7 Å². The summed E-state index contributed by atoms with van der Waals surface area (Å²) in [6.07, 6.45) is 1.32. The maximum absolute atomic E-state index is 12.2. The first-order valence-electron chi connectivity index (χ1n) is 13.8. The van der Waals surface area contributed by atoms with Crippen LogP contribution in [0.25, 0.3) is 21.9 Å². The molecular formula is C33H34N4O5. The lowest BCUT2D eigenvalue weighted by molar-refractivity contribution is -0.138. The zero-order valence-corrected chi connectivity index (χ0v) is 23.1. The van der Waals surface area contributed by atoms with Gasteiger partial charge in [0.1, 0.15) is 0 Å². The van der Waals surface area contributed by atoms with Gasteiger partial charge in [0, 0.05) is 25.2 Å². The number of carboxylic acids is 1. The van der Waals surface area contributed by atoms with E-state index in [1.165, 1.54) is 0 Å². The third-order valence-electron chi connectivity index (χ3n) is 6.79. The molecule has 5 N–H and O–H groups in total. The van der Waals surface area contributed by atoms with Crippen molar-refractivity contribution in [3.8, 4) is 11.1 Å². The Kier molecular flexibility index (Phi) is 10.6. The van der Waals surface area contributed by atoms with Crippen molar-refractivity contribution in [2.75, 3.05) is 25.0 Å². The minimum atomic E-state index is -1.05. The molecule has 1 unspecified atom stereocenters. The van der Waals surface area contributed by atoms with Crippen molar-refractivity contribution in [3.63, 3.8) is 0 Å². The van der Waals surface area contributed by atoms with Crippen molar-refractivity contribution in [2.45, 2.75) is 25.2 Å². The van der Waals surface area contributed by atoms with Crippen molar-refractivity contribution >= 4 is 40.3 Å². The molecule has 0 radical (unpaired) electrons. The Morgan fingerprint density at radius 3 is 2.10 bits per heavy atom. The van der Waals surface area contributed by atoms with E-state index < -0.39 is 17.8 Å². The third kappa shape index (κ3) is 8.92. The van der Waals surface area contributed by atoms with Crippen molar-refractivity contribution in [3.05, 3.63) is 103 Å². The van der Waals surface area contributed by atoms with Gasteiger partial charge in [0.25, 0.3) is 0 Å². The van der Waals surface area contributed by atoms with Crippen molar-refractivity contribution in [1.82, 2.24) is 16.0 Å². The molecule has 4 rings (SSSR count). The summed E-state index contributed by atoms with van der Waals surface area (Å²) in [6, 6.07) is 30.2. The van der Waals surface area contributed by atoms with Crippen LogP contribution in [0.4, 0.5) is 10.5 Å². The van der Waals surface area contributed by atoms with Crippen LogP contribution in [-0.4, -0.2) is 48.6 Å². The number of carboxylic acid groups (broad SMARTS) is 1. The second kappa shape index (κ2) is 15.0. The van der Waals surface area contributed by atoms with Crippen LogP contribution in [0.2, 0.25) is 0 Å². The molecule has 4 aromatic rings. The number of amides is 4. The monoisotopic (exact) mass is 566 g/mol. The van der Waals surface area contributed by atoms with Gasteiger partial charge in [-0.3, -0.25) is 14.4 Å². The van der Waals surface area contributed by atoms with Gasteiger partial charge in [0.05, 0.1) is 12.5 Å². The molecule has 9 nitrogen and oxygen atoms in total. The predicted octanol–water partition coefficient (Wildman–Crippen LogP) is 4.90. The lowest BCUT2D eigenvalue weighted by atomic mass is 9.96. The fraction of sp³-hybridized carbons (Fsp3) is 0.212. The number of fused-ring (bicyclic) bond motifs is 1. The number of urea groups is 1. The number of rotatable bonds is 13. The van der Waals surface area contributed by atoms with Gasteiger partial charge in [0.15, 0.2) is 0 Å². The van der Waals surface area contributed by atoms with Gasteiger partial charge in [-0.2, -0.15) is 0 Å². The van der Waals surface area contributed by atoms with Crippen LogP contribution in [0, 0.1) is 0 Å². The molecule has 4 aromatic carbocycles. The molecule has 0 bridgehead atoms. The third-order valence-corrected chi connectivity index (χ3v) is 6.79. The molecule has 0 saturated carbocycles. The van der Waals surface area contributed by atoms with Gasteiger partial charge in [-0.25, -0.2) is 4.79 Å². The topological polar surface area (TPSA) is 137 Å². The molecule has 216 valence electrons. The average Bonchev–Trinajstić information content (AvgIpc) is 3.00. The van der Waals surface area contributed by atoms with Gasteiger partial charge in [-0.15, -0.1) is 0 Å². The molecule has 1 atom stereocenters. The number of carbonyl (C=O) groups is 4. The molecular weight excluding hydrogens is 532 g/mol. The van der Waals surface area contributed by atoms with Crippen LogP contribution < -0.4 is 21.3 Å². The second-order valence-corrected chi connectivity index (χ2v) is 9.86. The average molecular weight is 567 g/mol. The van der Waals surface area contributed by atoms with Gasteiger partial charge >= 0.3 is 12.0 Å². The van der Waals surface area contributed by atoms with E-state index >= 15 is 0 Å². The lowest BCUT2D eigenvalue weighted by Crippen LogP contribution is -2.39. The molecule has 0 saturated heterocycles. The standard InChI is InChI=1S/C33H34N4O5/c38-30(12-6-7-19-34-33(42)37-28-18-17-24-10-4-5-11-27(24)20-28)36-22-31(39)35-21-29(32(40)41)26-15-13-25(14-16-26)23-8-2-1-3-9-23/h1-5,8-11,13-18,20,29H,6-7,12,19,21-22H2,(H,35,39)(H,36,38)(H,40,41)(H2,34,37,42). The Labute approximate surface area is 244 Å². The summed E-state index contributed by atoms with van der Waals surface area (Å²) in [5, 5.41) is 22.5. The number of benzene rings is 4. The lowest BCUT2D eigenvalue weighted by Gasteiger charge is -2.15. The fourth-order valence-electron chi connectivity index (χ4n) is 4.49. The Morgan fingerprint density at radius 1 is 0.667 bits per heavy atom. The van der Waals surface area contributed by atoms with E-state index in [-0.39, 0.29) is 31.4 Å². The highest BCUT2D eigenvalue weighted by atomic mass is 16.4. The van der Waals surface area contributed by atoms with E-state index in [1.807, 2.05) is 84.9 Å².